The number of nitrogens with two attached hydrogens (primary N) is 1. The predicted molar refractivity (Wildman–Crippen MR) is 75.9 cm³/mol. The van der Waals surface area contributed by atoms with Crippen LogP contribution in [0.2, 0.25) is 0 Å². The molecule has 0 atom stereocenters. The van der Waals surface area contributed by atoms with E-state index >= 15 is 0 Å². The van der Waals surface area contributed by atoms with Gasteiger partial charge in [-0.05, 0) is 44.3 Å². The van der Waals surface area contributed by atoms with Gasteiger partial charge >= 0.3 is 0 Å². The lowest BCUT2D eigenvalue weighted by molar-refractivity contribution is 0.0953. The van der Waals surface area contributed by atoms with Gasteiger partial charge in [0.05, 0.1) is 4.90 Å². The molecule has 8 heteroatoms. The molecule has 0 aliphatic rings. The van der Waals surface area contributed by atoms with Gasteiger partial charge in [-0.15, -0.1) is 12.4 Å². The largest absolute Gasteiger partial charge is 0.352 e. The van der Waals surface area contributed by atoms with E-state index in [2.05, 4.69) is 10.0 Å². The second-order valence-corrected chi connectivity index (χ2v) is 5.52. The second-order valence-electron chi connectivity index (χ2n) is 3.63. The normalized spacial score (nSPS) is 10.6. The lowest BCUT2D eigenvalue weighted by Gasteiger charge is -2.06. The first kappa shape index (κ1) is 17.8. The molecule has 1 aromatic carbocycles. The molecule has 0 fully saturated rings. The van der Waals surface area contributed by atoms with E-state index in [9.17, 15) is 13.2 Å². The van der Waals surface area contributed by atoms with Crippen LogP contribution >= 0.6 is 12.4 Å². The summed E-state index contributed by atoms with van der Waals surface area (Å²) in [5, 5.41) is 2.69. The number of rotatable bonds is 6. The predicted octanol–water partition coefficient (Wildman–Crippen LogP) is 0.0951. The molecule has 108 valence electrons. The van der Waals surface area contributed by atoms with E-state index in [-0.39, 0.29) is 23.2 Å². The van der Waals surface area contributed by atoms with Gasteiger partial charge < -0.3 is 11.1 Å². The van der Waals surface area contributed by atoms with Crippen LogP contribution in [-0.4, -0.2) is 34.5 Å². The third-order valence-electron chi connectivity index (χ3n) is 2.36. The molecule has 0 saturated carbocycles. The van der Waals surface area contributed by atoms with E-state index in [0.29, 0.717) is 25.1 Å². The molecule has 4 N–H and O–H groups in total. The highest BCUT2D eigenvalue weighted by Crippen LogP contribution is 2.09. The van der Waals surface area contributed by atoms with Gasteiger partial charge in [-0.25, -0.2) is 13.1 Å². The Labute approximate surface area is 119 Å². The fraction of sp³-hybridized carbons (Fsp3) is 0.364. The van der Waals surface area contributed by atoms with Crippen LogP contribution in [-0.2, 0) is 10.0 Å². The minimum Gasteiger partial charge on any atom is -0.352 e. The number of carbonyl (C=O) groups is 1. The smallest absolute Gasteiger partial charge is 0.251 e. The van der Waals surface area contributed by atoms with Crippen LogP contribution in [0.3, 0.4) is 0 Å². The number of carbonyl (C=O) groups excluding carboxylic acids is 1. The van der Waals surface area contributed by atoms with Crippen molar-refractivity contribution in [1.29, 1.82) is 0 Å². The number of hydrogen-bond donors (Lipinski definition) is 3. The molecule has 0 aliphatic heterocycles. The molecule has 0 radical (unpaired) electrons. The monoisotopic (exact) mass is 307 g/mol. The number of halogens is 1. The molecule has 0 aromatic heterocycles. The minimum atomic E-state index is -3.46. The summed E-state index contributed by atoms with van der Waals surface area (Å²) in [7, 11) is -2.12. The van der Waals surface area contributed by atoms with Gasteiger partial charge in [0.2, 0.25) is 10.0 Å². The highest BCUT2D eigenvalue weighted by atomic mass is 35.5. The van der Waals surface area contributed by atoms with Crippen molar-refractivity contribution in [2.45, 2.75) is 11.3 Å². The summed E-state index contributed by atoms with van der Waals surface area (Å²) < 4.78 is 25.1. The van der Waals surface area contributed by atoms with Crippen molar-refractivity contribution in [3.05, 3.63) is 29.8 Å². The van der Waals surface area contributed by atoms with Gasteiger partial charge in [0.1, 0.15) is 0 Å². The van der Waals surface area contributed by atoms with Gasteiger partial charge in [0, 0.05) is 12.1 Å². The van der Waals surface area contributed by atoms with Crippen molar-refractivity contribution in [2.24, 2.45) is 5.73 Å². The molecular weight excluding hydrogens is 290 g/mol. The number of sulfonamides is 1. The maximum Gasteiger partial charge on any atom is 0.251 e. The average molecular weight is 308 g/mol. The van der Waals surface area contributed by atoms with E-state index in [1.165, 1.54) is 31.3 Å². The average Bonchev–Trinajstić information content (AvgIpc) is 2.39. The highest BCUT2D eigenvalue weighted by molar-refractivity contribution is 7.89. The van der Waals surface area contributed by atoms with E-state index in [1.54, 1.807) is 0 Å². The van der Waals surface area contributed by atoms with E-state index < -0.39 is 10.0 Å². The summed E-state index contributed by atoms with van der Waals surface area (Å²) in [5.41, 5.74) is 5.73. The van der Waals surface area contributed by atoms with Crippen LogP contribution in [0.5, 0.6) is 0 Å². The Balaban J connectivity index is 0.00000324. The van der Waals surface area contributed by atoms with Crippen LogP contribution in [0, 0.1) is 0 Å². The lowest BCUT2D eigenvalue weighted by atomic mass is 10.2. The van der Waals surface area contributed by atoms with Gasteiger partial charge in [0.15, 0.2) is 0 Å². The molecule has 0 aliphatic carbocycles. The third kappa shape index (κ3) is 5.15. The second kappa shape index (κ2) is 8.11. The zero-order chi connectivity index (χ0) is 13.6. The summed E-state index contributed by atoms with van der Waals surface area (Å²) >= 11 is 0. The molecule has 0 bridgehead atoms. The summed E-state index contributed by atoms with van der Waals surface area (Å²) in [5.74, 6) is -0.239. The van der Waals surface area contributed by atoms with E-state index in [4.69, 9.17) is 5.73 Å². The summed E-state index contributed by atoms with van der Waals surface area (Å²) in [6, 6.07) is 5.73. The number of hydrogen-bond acceptors (Lipinski definition) is 4. The molecule has 1 amide bonds. The Morgan fingerprint density at radius 1 is 1.26 bits per heavy atom. The highest BCUT2D eigenvalue weighted by Gasteiger charge is 2.12. The first-order valence-corrected chi connectivity index (χ1v) is 7.01. The van der Waals surface area contributed by atoms with Crippen molar-refractivity contribution in [2.75, 3.05) is 20.1 Å². The first-order valence-electron chi connectivity index (χ1n) is 5.53. The van der Waals surface area contributed by atoms with Crippen LogP contribution in [0.4, 0.5) is 0 Å². The van der Waals surface area contributed by atoms with Crippen molar-refractivity contribution >= 4 is 28.3 Å². The van der Waals surface area contributed by atoms with E-state index in [1.807, 2.05) is 0 Å². The Bertz CT molecular complexity index is 502. The fourth-order valence-electron chi connectivity index (χ4n) is 1.31. The molecule has 0 heterocycles. The number of benzene rings is 1. The molecule has 0 unspecified atom stereocenters. The molecule has 1 aromatic rings. The maximum atomic E-state index is 11.6. The molecule has 1 rings (SSSR count). The van der Waals surface area contributed by atoms with Gasteiger partial charge in [-0.2, -0.15) is 0 Å². The van der Waals surface area contributed by atoms with Crippen molar-refractivity contribution in [3.8, 4) is 0 Å². The summed E-state index contributed by atoms with van der Waals surface area (Å²) in [6.07, 6.45) is 0.706. The SMILES string of the molecule is CNS(=O)(=O)c1ccc(C(=O)NCCCN)cc1.Cl. The maximum absolute atomic E-state index is 11.6. The van der Waals surface area contributed by atoms with Gasteiger partial charge in [-0.1, -0.05) is 0 Å². The molecular formula is C11H18ClN3O3S. The first-order chi connectivity index (χ1) is 8.51. The Hall–Kier alpha value is -1.15. The Morgan fingerprint density at radius 3 is 2.32 bits per heavy atom. The molecule has 0 saturated heterocycles. The number of nitrogens with one attached hydrogen (secondary N) is 2. The molecule has 6 nitrogen and oxygen atoms in total. The topological polar surface area (TPSA) is 101 Å². The van der Waals surface area contributed by atoms with E-state index in [0.717, 1.165) is 0 Å². The third-order valence-corrected chi connectivity index (χ3v) is 3.79. The van der Waals surface area contributed by atoms with Crippen molar-refractivity contribution in [3.63, 3.8) is 0 Å². The van der Waals surface area contributed by atoms with Crippen molar-refractivity contribution in [1.82, 2.24) is 10.0 Å². The lowest BCUT2D eigenvalue weighted by Crippen LogP contribution is -2.26. The zero-order valence-corrected chi connectivity index (χ0v) is 12.2. The van der Waals surface area contributed by atoms with Crippen LogP contribution in [0.15, 0.2) is 29.2 Å². The van der Waals surface area contributed by atoms with Crippen LogP contribution in [0.25, 0.3) is 0 Å². The minimum absolute atomic E-state index is 0. The van der Waals surface area contributed by atoms with Crippen LogP contribution in [0.1, 0.15) is 16.8 Å². The zero-order valence-electron chi connectivity index (χ0n) is 10.5. The van der Waals surface area contributed by atoms with Crippen molar-refractivity contribution < 1.29 is 13.2 Å². The quantitative estimate of drug-likeness (QED) is 0.649. The Morgan fingerprint density at radius 2 is 1.84 bits per heavy atom. The summed E-state index contributed by atoms with van der Waals surface area (Å²) in [4.78, 5) is 11.8. The van der Waals surface area contributed by atoms with Gasteiger partial charge in [-0.3, -0.25) is 4.79 Å². The van der Waals surface area contributed by atoms with Crippen LogP contribution < -0.4 is 15.8 Å². The molecule has 0 spiro atoms. The number of amides is 1. The standard InChI is InChI=1S/C11H17N3O3S.ClH/c1-13-18(16,17)10-5-3-9(4-6-10)11(15)14-8-2-7-12;/h3-6,13H,2,7-8,12H2,1H3,(H,14,15);1H. The fourth-order valence-corrected chi connectivity index (χ4v) is 2.04. The molecule has 19 heavy (non-hydrogen) atoms. The summed E-state index contributed by atoms with van der Waals surface area (Å²) in [6.45, 7) is 1.02. The van der Waals surface area contributed by atoms with Gasteiger partial charge in [0.25, 0.3) is 5.91 Å². The Kier molecular flexibility index (Phi) is 7.62.